The van der Waals surface area contributed by atoms with E-state index in [2.05, 4.69) is 25.9 Å². The Morgan fingerprint density at radius 2 is 1.96 bits per heavy atom. The lowest BCUT2D eigenvalue weighted by atomic mass is 10.3. The van der Waals surface area contributed by atoms with Gasteiger partial charge in [0.25, 0.3) is 0 Å². The minimum absolute atomic E-state index is 0.154. The molecule has 28 heavy (non-hydrogen) atoms. The van der Waals surface area contributed by atoms with Crippen LogP contribution in [0.4, 0.5) is 5.13 Å². The molecule has 1 aliphatic heterocycles. The van der Waals surface area contributed by atoms with Crippen molar-refractivity contribution in [2.75, 3.05) is 11.4 Å². The van der Waals surface area contributed by atoms with Crippen molar-refractivity contribution >= 4 is 60.3 Å². The molecule has 1 aromatic carbocycles. The predicted molar refractivity (Wildman–Crippen MR) is 109 cm³/mol. The van der Waals surface area contributed by atoms with Crippen LogP contribution in [0.25, 0.3) is 10.2 Å². The number of amides is 3. The first-order valence-electron chi connectivity index (χ1n) is 8.61. The number of carbonyl (C=O) groups excluding carboxylic acids is 3. The number of pyridine rings is 1. The number of benzene rings is 1. The smallest absolute Gasteiger partial charge is 0.249 e. The van der Waals surface area contributed by atoms with Crippen molar-refractivity contribution in [3.05, 3.63) is 52.8 Å². The van der Waals surface area contributed by atoms with Crippen molar-refractivity contribution in [1.82, 2.24) is 14.9 Å². The highest BCUT2D eigenvalue weighted by Crippen LogP contribution is 2.32. The van der Waals surface area contributed by atoms with Crippen LogP contribution in [0.1, 0.15) is 18.5 Å². The van der Waals surface area contributed by atoms with Crippen LogP contribution in [0.5, 0.6) is 0 Å². The van der Waals surface area contributed by atoms with E-state index in [0.717, 1.165) is 19.6 Å². The van der Waals surface area contributed by atoms with E-state index in [-0.39, 0.29) is 43.7 Å². The Balaban J connectivity index is 1.67. The number of hydrogen-bond acceptors (Lipinski definition) is 6. The van der Waals surface area contributed by atoms with Gasteiger partial charge < -0.3 is 0 Å². The number of halogens is 1. The van der Waals surface area contributed by atoms with Gasteiger partial charge in [-0.2, -0.15) is 0 Å². The first-order valence-corrected chi connectivity index (χ1v) is 10.2. The zero-order chi connectivity index (χ0) is 19.7. The summed E-state index contributed by atoms with van der Waals surface area (Å²) in [6, 6.07) is 11.2. The summed E-state index contributed by atoms with van der Waals surface area (Å²) in [6.45, 7) is -0.0823. The normalized spacial score (nSPS) is 14.1. The standard InChI is InChI=1S/C19H15BrN4O3S/c20-12-4-5-14-15(9-12)28-19(22-14)24(10-13-3-1-2-8-21-13)18(27)11-23-16(25)6-7-17(23)26/h1-5,8-9H,6-7,10-11H2. The molecule has 0 unspecified atom stereocenters. The van der Waals surface area contributed by atoms with Crippen LogP contribution in [0.3, 0.4) is 0 Å². The van der Waals surface area contributed by atoms with Crippen molar-refractivity contribution in [3.8, 4) is 0 Å². The van der Waals surface area contributed by atoms with Crippen molar-refractivity contribution in [1.29, 1.82) is 0 Å². The van der Waals surface area contributed by atoms with Gasteiger partial charge >= 0.3 is 0 Å². The van der Waals surface area contributed by atoms with E-state index in [9.17, 15) is 14.4 Å². The summed E-state index contributed by atoms with van der Waals surface area (Å²) < 4.78 is 1.85. The molecule has 4 rings (SSSR count). The van der Waals surface area contributed by atoms with Gasteiger partial charge in [0, 0.05) is 23.5 Å². The Kier molecular flexibility index (Phi) is 5.19. The van der Waals surface area contributed by atoms with Gasteiger partial charge in [-0.1, -0.05) is 33.3 Å². The van der Waals surface area contributed by atoms with E-state index in [4.69, 9.17) is 0 Å². The number of anilines is 1. The average molecular weight is 459 g/mol. The molecule has 3 heterocycles. The van der Waals surface area contributed by atoms with Gasteiger partial charge in [-0.25, -0.2) is 4.98 Å². The maximum Gasteiger partial charge on any atom is 0.249 e. The molecule has 1 aliphatic rings. The molecule has 142 valence electrons. The van der Waals surface area contributed by atoms with Crippen LogP contribution in [-0.4, -0.2) is 39.1 Å². The molecular weight excluding hydrogens is 444 g/mol. The topological polar surface area (TPSA) is 83.5 Å². The fourth-order valence-corrected chi connectivity index (χ4v) is 4.47. The minimum Gasteiger partial charge on any atom is -0.280 e. The molecule has 7 nitrogen and oxygen atoms in total. The fourth-order valence-electron chi connectivity index (χ4n) is 2.94. The van der Waals surface area contributed by atoms with E-state index in [1.165, 1.54) is 16.2 Å². The highest BCUT2D eigenvalue weighted by atomic mass is 79.9. The zero-order valence-electron chi connectivity index (χ0n) is 14.7. The van der Waals surface area contributed by atoms with Gasteiger partial charge in [0.1, 0.15) is 6.54 Å². The third-order valence-electron chi connectivity index (χ3n) is 4.37. The summed E-state index contributed by atoms with van der Waals surface area (Å²) in [5.74, 6) is -0.999. The van der Waals surface area contributed by atoms with E-state index in [0.29, 0.717) is 10.8 Å². The van der Waals surface area contributed by atoms with Crippen molar-refractivity contribution in [2.45, 2.75) is 19.4 Å². The lowest BCUT2D eigenvalue weighted by molar-refractivity contribution is -0.141. The van der Waals surface area contributed by atoms with Crippen LogP contribution in [0, 0.1) is 0 Å². The molecule has 9 heteroatoms. The van der Waals surface area contributed by atoms with Gasteiger partial charge in [-0.05, 0) is 30.3 Å². The van der Waals surface area contributed by atoms with E-state index < -0.39 is 0 Å². The van der Waals surface area contributed by atoms with Crippen LogP contribution in [0.15, 0.2) is 47.1 Å². The number of rotatable bonds is 5. The van der Waals surface area contributed by atoms with E-state index in [1.54, 1.807) is 12.3 Å². The van der Waals surface area contributed by atoms with Crippen molar-refractivity contribution in [3.63, 3.8) is 0 Å². The van der Waals surface area contributed by atoms with Crippen molar-refractivity contribution in [2.24, 2.45) is 0 Å². The highest BCUT2D eigenvalue weighted by molar-refractivity contribution is 9.10. The molecule has 3 amide bonds. The maximum atomic E-state index is 13.0. The molecule has 0 atom stereocenters. The quantitative estimate of drug-likeness (QED) is 0.548. The number of carbonyl (C=O) groups is 3. The molecule has 1 fully saturated rings. The van der Waals surface area contributed by atoms with Gasteiger partial charge in [0.2, 0.25) is 17.7 Å². The lowest BCUT2D eigenvalue weighted by Crippen LogP contribution is -2.42. The van der Waals surface area contributed by atoms with Crippen LogP contribution in [-0.2, 0) is 20.9 Å². The average Bonchev–Trinajstić information content (AvgIpc) is 3.24. The summed E-state index contributed by atoms with van der Waals surface area (Å²) in [5.41, 5.74) is 1.46. The Morgan fingerprint density at radius 3 is 2.68 bits per heavy atom. The van der Waals surface area contributed by atoms with Gasteiger partial charge in [0.05, 0.1) is 22.5 Å². The Hall–Kier alpha value is -2.65. The molecule has 0 spiro atoms. The van der Waals surface area contributed by atoms with Crippen LogP contribution >= 0.6 is 27.3 Å². The molecule has 1 saturated heterocycles. The van der Waals surface area contributed by atoms with Gasteiger partial charge in [0.15, 0.2) is 5.13 Å². The first-order chi connectivity index (χ1) is 13.5. The maximum absolute atomic E-state index is 13.0. The van der Waals surface area contributed by atoms with Gasteiger partial charge in [-0.3, -0.25) is 29.2 Å². The molecular formula is C19H15BrN4O3S. The number of hydrogen-bond donors (Lipinski definition) is 0. The molecule has 3 aromatic rings. The fraction of sp³-hybridized carbons (Fsp3) is 0.211. The van der Waals surface area contributed by atoms with Crippen LogP contribution < -0.4 is 4.90 Å². The molecule has 0 aliphatic carbocycles. The Bertz CT molecular complexity index is 1050. The lowest BCUT2D eigenvalue weighted by Gasteiger charge is -2.22. The number of nitrogens with zero attached hydrogens (tertiary/aromatic N) is 4. The molecule has 0 N–H and O–H groups in total. The van der Waals surface area contributed by atoms with E-state index in [1.807, 2.05) is 30.3 Å². The Labute approximate surface area is 173 Å². The second-order valence-electron chi connectivity index (χ2n) is 6.28. The third kappa shape index (κ3) is 3.81. The third-order valence-corrected chi connectivity index (χ3v) is 5.90. The first kappa shape index (κ1) is 18.7. The monoisotopic (exact) mass is 458 g/mol. The SMILES string of the molecule is O=C1CCC(=O)N1CC(=O)N(Cc1ccccn1)c1nc2ccc(Br)cc2s1. The van der Waals surface area contributed by atoms with E-state index >= 15 is 0 Å². The number of likely N-dealkylation sites (tertiary alicyclic amines) is 1. The predicted octanol–water partition coefficient (Wildman–Crippen LogP) is 3.14. The zero-order valence-corrected chi connectivity index (χ0v) is 17.1. The summed E-state index contributed by atoms with van der Waals surface area (Å²) >= 11 is 4.81. The minimum atomic E-state index is -0.368. The number of aromatic nitrogens is 2. The molecule has 0 bridgehead atoms. The molecule has 0 saturated carbocycles. The second-order valence-corrected chi connectivity index (χ2v) is 8.21. The molecule has 0 radical (unpaired) electrons. The number of imide groups is 1. The summed E-state index contributed by atoms with van der Waals surface area (Å²) in [7, 11) is 0. The van der Waals surface area contributed by atoms with Gasteiger partial charge in [-0.15, -0.1) is 0 Å². The Morgan fingerprint density at radius 1 is 1.18 bits per heavy atom. The summed E-state index contributed by atoms with van der Waals surface area (Å²) in [5, 5.41) is 0.503. The summed E-state index contributed by atoms with van der Waals surface area (Å²) in [4.78, 5) is 48.3. The molecule has 2 aromatic heterocycles. The largest absolute Gasteiger partial charge is 0.280 e. The number of fused-ring (bicyclic) bond motifs is 1. The summed E-state index contributed by atoms with van der Waals surface area (Å²) in [6.07, 6.45) is 1.96. The van der Waals surface area contributed by atoms with Crippen molar-refractivity contribution < 1.29 is 14.4 Å². The van der Waals surface area contributed by atoms with Crippen LogP contribution in [0.2, 0.25) is 0 Å². The highest BCUT2D eigenvalue weighted by Gasteiger charge is 2.33. The number of thiazole rings is 1. The second kappa shape index (κ2) is 7.76.